The molecule has 1 aromatic carbocycles. The number of carbonyl (C=O) groups is 2. The summed E-state index contributed by atoms with van der Waals surface area (Å²) in [6, 6.07) is 11.9. The first-order valence-electron chi connectivity index (χ1n) is 9.86. The van der Waals surface area contributed by atoms with E-state index < -0.39 is 12.8 Å². The van der Waals surface area contributed by atoms with Crippen LogP contribution in [0.1, 0.15) is 24.3 Å². The van der Waals surface area contributed by atoms with Crippen LogP contribution >= 0.6 is 11.3 Å². The number of ether oxygens (including phenoxy) is 1. The van der Waals surface area contributed by atoms with Gasteiger partial charge in [0.25, 0.3) is 0 Å². The normalized spacial score (nSPS) is 17.9. The van der Waals surface area contributed by atoms with Crippen LogP contribution in [0.4, 0.5) is 18.9 Å². The van der Waals surface area contributed by atoms with Crippen molar-refractivity contribution in [2.45, 2.75) is 25.6 Å². The van der Waals surface area contributed by atoms with Crippen molar-refractivity contribution in [1.82, 2.24) is 10.2 Å². The first-order chi connectivity index (χ1) is 14.7. The highest BCUT2D eigenvalue weighted by molar-refractivity contribution is 7.13. The lowest BCUT2D eigenvalue weighted by atomic mass is 10.1. The quantitative estimate of drug-likeness (QED) is 0.635. The molecule has 0 bridgehead atoms. The number of hydrogen-bond donors (Lipinski definition) is 2. The molecule has 10 heteroatoms. The predicted octanol–water partition coefficient (Wildman–Crippen LogP) is 3.83. The second kappa shape index (κ2) is 10.1. The van der Waals surface area contributed by atoms with E-state index in [9.17, 15) is 22.8 Å². The number of nitrogens with one attached hydrogen (secondary N) is 2. The van der Waals surface area contributed by atoms with Crippen molar-refractivity contribution in [2.24, 2.45) is 5.92 Å². The molecule has 0 saturated carbocycles. The zero-order valence-electron chi connectivity index (χ0n) is 16.9. The molecule has 31 heavy (non-hydrogen) atoms. The molecule has 0 radical (unpaired) electrons. The van der Waals surface area contributed by atoms with E-state index in [1.807, 2.05) is 35.2 Å². The number of alkyl halides is 3. The van der Waals surface area contributed by atoms with Gasteiger partial charge in [-0.3, -0.25) is 14.5 Å². The molecule has 0 aliphatic carbocycles. The van der Waals surface area contributed by atoms with Crippen LogP contribution < -0.4 is 15.4 Å². The van der Waals surface area contributed by atoms with Crippen LogP contribution in [0.15, 0.2) is 42.5 Å². The Labute approximate surface area is 182 Å². The Bertz CT molecular complexity index is 889. The van der Waals surface area contributed by atoms with Crippen LogP contribution in [0.5, 0.6) is 5.06 Å². The number of likely N-dealkylation sites (tertiary alicyclic amines) is 1. The summed E-state index contributed by atoms with van der Waals surface area (Å²) in [5.74, 6) is -0.511. The molecule has 1 fully saturated rings. The van der Waals surface area contributed by atoms with E-state index in [2.05, 4.69) is 10.6 Å². The Morgan fingerprint density at radius 3 is 2.68 bits per heavy atom. The second-order valence-electron chi connectivity index (χ2n) is 7.43. The number of thiophene rings is 1. The van der Waals surface area contributed by atoms with E-state index in [4.69, 9.17) is 4.74 Å². The average molecular weight is 456 g/mol. The minimum absolute atomic E-state index is 0.134. The number of nitrogens with zero attached hydrogens (tertiary/aromatic N) is 1. The van der Waals surface area contributed by atoms with Crippen LogP contribution in [0.2, 0.25) is 0 Å². The van der Waals surface area contributed by atoms with Crippen molar-refractivity contribution >= 4 is 28.8 Å². The summed E-state index contributed by atoms with van der Waals surface area (Å²) in [6.45, 7) is 1.76. The molecule has 2 aromatic rings. The molecular weight excluding hydrogens is 431 g/mol. The molecule has 168 valence electrons. The number of hydrogen-bond acceptors (Lipinski definition) is 5. The minimum Gasteiger partial charge on any atom is -0.475 e. The van der Waals surface area contributed by atoms with Crippen LogP contribution in [-0.4, -0.2) is 49.1 Å². The molecule has 0 spiro atoms. The van der Waals surface area contributed by atoms with Gasteiger partial charge in [0.1, 0.15) is 0 Å². The molecule has 2 heterocycles. The predicted molar refractivity (Wildman–Crippen MR) is 112 cm³/mol. The Morgan fingerprint density at radius 1 is 1.23 bits per heavy atom. The molecule has 2 atom stereocenters. The SMILES string of the molecule is CC(NC(=O)C1CCN(CC(=O)Nc2ccccc2)C1)c1ccc(OCC(F)(F)F)s1. The monoisotopic (exact) mass is 455 g/mol. The number of anilines is 1. The van der Waals surface area contributed by atoms with Gasteiger partial charge in [0.2, 0.25) is 11.8 Å². The Morgan fingerprint density at radius 2 is 1.97 bits per heavy atom. The van der Waals surface area contributed by atoms with Gasteiger partial charge in [0.05, 0.1) is 18.5 Å². The molecule has 1 aromatic heterocycles. The number of amides is 2. The van der Waals surface area contributed by atoms with Crippen molar-refractivity contribution in [1.29, 1.82) is 0 Å². The van der Waals surface area contributed by atoms with Gasteiger partial charge >= 0.3 is 6.18 Å². The summed E-state index contributed by atoms with van der Waals surface area (Å²) < 4.78 is 41.5. The van der Waals surface area contributed by atoms with Crippen LogP contribution in [0, 0.1) is 5.92 Å². The van der Waals surface area contributed by atoms with Crippen molar-refractivity contribution in [3.05, 3.63) is 47.3 Å². The molecule has 3 rings (SSSR count). The zero-order valence-corrected chi connectivity index (χ0v) is 17.8. The fourth-order valence-electron chi connectivity index (χ4n) is 3.32. The smallest absolute Gasteiger partial charge is 0.422 e. The second-order valence-corrected chi connectivity index (χ2v) is 8.50. The summed E-state index contributed by atoms with van der Waals surface area (Å²) in [7, 11) is 0. The maximum absolute atomic E-state index is 12.6. The van der Waals surface area contributed by atoms with Gasteiger partial charge in [0, 0.05) is 17.1 Å². The summed E-state index contributed by atoms with van der Waals surface area (Å²) in [5, 5.41) is 5.89. The van der Waals surface area contributed by atoms with Gasteiger partial charge in [-0.15, -0.1) is 11.3 Å². The highest BCUT2D eigenvalue weighted by Crippen LogP contribution is 2.31. The first kappa shape index (κ1) is 23.1. The lowest BCUT2D eigenvalue weighted by molar-refractivity contribution is -0.152. The minimum atomic E-state index is -4.39. The van der Waals surface area contributed by atoms with Crippen LogP contribution in [0.3, 0.4) is 0 Å². The molecule has 1 saturated heterocycles. The summed E-state index contributed by atoms with van der Waals surface area (Å²) in [5.41, 5.74) is 0.726. The fraction of sp³-hybridized carbons (Fsp3) is 0.429. The fourth-order valence-corrected chi connectivity index (χ4v) is 4.17. The highest BCUT2D eigenvalue weighted by Gasteiger charge is 2.31. The molecule has 6 nitrogen and oxygen atoms in total. The summed E-state index contributed by atoms with van der Waals surface area (Å²) in [4.78, 5) is 27.4. The number of benzene rings is 1. The topological polar surface area (TPSA) is 70.7 Å². The number of rotatable bonds is 8. The Hall–Kier alpha value is -2.59. The third-order valence-corrected chi connectivity index (χ3v) is 6.01. The summed E-state index contributed by atoms with van der Waals surface area (Å²) in [6.07, 6.45) is -3.75. The van der Waals surface area contributed by atoms with E-state index in [-0.39, 0.29) is 35.4 Å². The van der Waals surface area contributed by atoms with Crippen LogP contribution in [-0.2, 0) is 9.59 Å². The van der Waals surface area contributed by atoms with Gasteiger partial charge < -0.3 is 15.4 Å². The lowest BCUT2D eigenvalue weighted by Gasteiger charge is -2.17. The third kappa shape index (κ3) is 7.25. The van der Waals surface area contributed by atoms with E-state index in [1.54, 1.807) is 13.0 Å². The maximum atomic E-state index is 12.6. The third-order valence-electron chi connectivity index (χ3n) is 4.83. The molecule has 2 amide bonds. The van der Waals surface area contributed by atoms with Gasteiger partial charge in [0.15, 0.2) is 11.7 Å². The van der Waals surface area contributed by atoms with E-state index >= 15 is 0 Å². The van der Waals surface area contributed by atoms with E-state index in [1.165, 1.54) is 6.07 Å². The van der Waals surface area contributed by atoms with Crippen molar-refractivity contribution in [2.75, 3.05) is 31.6 Å². The largest absolute Gasteiger partial charge is 0.475 e. The Balaban J connectivity index is 1.43. The number of para-hydroxylation sites is 1. The Kier molecular flexibility index (Phi) is 7.55. The van der Waals surface area contributed by atoms with Crippen molar-refractivity contribution in [3.63, 3.8) is 0 Å². The van der Waals surface area contributed by atoms with Gasteiger partial charge in [-0.05, 0) is 44.2 Å². The molecule has 1 aliphatic heterocycles. The van der Waals surface area contributed by atoms with E-state index in [0.717, 1.165) is 17.0 Å². The van der Waals surface area contributed by atoms with Crippen molar-refractivity contribution < 1.29 is 27.5 Å². The van der Waals surface area contributed by atoms with Crippen molar-refractivity contribution in [3.8, 4) is 5.06 Å². The van der Waals surface area contributed by atoms with Gasteiger partial charge in [-0.2, -0.15) is 13.2 Å². The van der Waals surface area contributed by atoms with E-state index in [0.29, 0.717) is 24.4 Å². The zero-order chi connectivity index (χ0) is 22.4. The van der Waals surface area contributed by atoms with Gasteiger partial charge in [-0.1, -0.05) is 18.2 Å². The highest BCUT2D eigenvalue weighted by atomic mass is 32.1. The molecule has 2 unspecified atom stereocenters. The molecule has 2 N–H and O–H groups in total. The van der Waals surface area contributed by atoms with Gasteiger partial charge in [-0.25, -0.2) is 0 Å². The summed E-state index contributed by atoms with van der Waals surface area (Å²) >= 11 is 1.08. The number of carbonyl (C=O) groups excluding carboxylic acids is 2. The molecule has 1 aliphatic rings. The lowest BCUT2D eigenvalue weighted by Crippen LogP contribution is -2.36. The number of halogens is 3. The maximum Gasteiger partial charge on any atom is 0.422 e. The van der Waals surface area contributed by atoms with Crippen LogP contribution in [0.25, 0.3) is 0 Å². The average Bonchev–Trinajstić information content (AvgIpc) is 3.36. The standard InChI is InChI=1S/C21H24F3N3O3S/c1-14(17-7-8-19(31-17)30-13-21(22,23)24)25-20(29)15-9-10-27(11-15)12-18(28)26-16-5-3-2-4-6-16/h2-8,14-15H,9-13H2,1H3,(H,25,29)(H,26,28). The molecular formula is C21H24F3N3O3S. The first-order valence-corrected chi connectivity index (χ1v) is 10.7.